The zero-order valence-corrected chi connectivity index (χ0v) is 10.4. The summed E-state index contributed by atoms with van der Waals surface area (Å²) in [4.78, 5) is 10.5. The Morgan fingerprint density at radius 3 is 2.94 bits per heavy atom. The molecule has 0 fully saturated rings. The van der Waals surface area contributed by atoms with E-state index in [1.807, 2.05) is 16.8 Å². The zero-order chi connectivity index (χ0) is 12.4. The van der Waals surface area contributed by atoms with Crippen LogP contribution in [0.25, 0.3) is 10.9 Å². The molecule has 17 heavy (non-hydrogen) atoms. The van der Waals surface area contributed by atoms with Gasteiger partial charge in [0.2, 0.25) is 0 Å². The molecule has 0 aliphatic carbocycles. The lowest BCUT2D eigenvalue weighted by Crippen LogP contribution is -2.03. The van der Waals surface area contributed by atoms with Crippen molar-refractivity contribution >= 4 is 32.8 Å². The molecule has 0 saturated heterocycles. The van der Waals surface area contributed by atoms with Gasteiger partial charge in [0.25, 0.3) is 0 Å². The molecule has 0 atom stereocenters. The number of fused-ring (bicyclic) bond motifs is 1. The SMILES string of the molecule is N#Cc1ccc2c(c1)c(Br)cn2CCC(=O)O. The number of carbonyl (C=O) groups is 1. The minimum Gasteiger partial charge on any atom is -0.481 e. The van der Waals surface area contributed by atoms with Gasteiger partial charge in [0.15, 0.2) is 0 Å². The summed E-state index contributed by atoms with van der Waals surface area (Å²) in [6, 6.07) is 7.43. The van der Waals surface area contributed by atoms with Crippen LogP contribution in [0.15, 0.2) is 28.9 Å². The molecule has 0 unspecified atom stereocenters. The van der Waals surface area contributed by atoms with Crippen molar-refractivity contribution in [3.05, 3.63) is 34.4 Å². The number of carboxylic acids is 1. The fourth-order valence-electron chi connectivity index (χ4n) is 1.72. The Hall–Kier alpha value is -1.80. The first-order valence-corrected chi connectivity index (χ1v) is 5.81. The molecule has 2 rings (SSSR count). The van der Waals surface area contributed by atoms with Crippen molar-refractivity contribution in [3.8, 4) is 6.07 Å². The maximum atomic E-state index is 10.5. The van der Waals surface area contributed by atoms with Gasteiger partial charge in [-0.1, -0.05) is 0 Å². The first-order valence-electron chi connectivity index (χ1n) is 5.02. The number of hydrogen-bond donors (Lipinski definition) is 1. The molecule has 0 radical (unpaired) electrons. The fraction of sp³-hybridized carbons (Fsp3) is 0.167. The molecule has 0 amide bonds. The molecule has 2 aromatic rings. The lowest BCUT2D eigenvalue weighted by molar-refractivity contribution is -0.137. The molecule has 1 aromatic heterocycles. The van der Waals surface area contributed by atoms with E-state index >= 15 is 0 Å². The predicted octanol–water partition coefficient (Wildman–Crippen LogP) is 2.75. The van der Waals surface area contributed by atoms with E-state index in [1.165, 1.54) is 0 Å². The molecule has 0 saturated carbocycles. The molecule has 0 aliphatic rings. The number of benzene rings is 1. The van der Waals surface area contributed by atoms with Crippen LogP contribution in [0.1, 0.15) is 12.0 Å². The highest BCUT2D eigenvalue weighted by atomic mass is 79.9. The average Bonchev–Trinajstić information content (AvgIpc) is 2.63. The first kappa shape index (κ1) is 11.7. The summed E-state index contributed by atoms with van der Waals surface area (Å²) in [5.41, 5.74) is 1.52. The van der Waals surface area contributed by atoms with E-state index < -0.39 is 5.97 Å². The van der Waals surface area contributed by atoms with Crippen LogP contribution in [0.3, 0.4) is 0 Å². The molecular weight excluding hydrogens is 284 g/mol. The summed E-state index contributed by atoms with van der Waals surface area (Å²) in [5, 5.41) is 18.4. The molecule has 4 nitrogen and oxygen atoms in total. The van der Waals surface area contributed by atoms with Crippen LogP contribution in [0, 0.1) is 11.3 Å². The van der Waals surface area contributed by atoms with Gasteiger partial charge in [-0.15, -0.1) is 0 Å². The zero-order valence-electron chi connectivity index (χ0n) is 8.85. The number of nitrogens with zero attached hydrogens (tertiary/aromatic N) is 2. The fourth-order valence-corrected chi connectivity index (χ4v) is 2.29. The van der Waals surface area contributed by atoms with E-state index in [1.54, 1.807) is 12.1 Å². The third kappa shape index (κ3) is 2.32. The Kier molecular flexibility index (Phi) is 3.16. The largest absolute Gasteiger partial charge is 0.481 e. The first-order chi connectivity index (χ1) is 8.11. The van der Waals surface area contributed by atoms with Gasteiger partial charge < -0.3 is 9.67 Å². The van der Waals surface area contributed by atoms with Gasteiger partial charge >= 0.3 is 5.97 Å². The van der Waals surface area contributed by atoms with Crippen LogP contribution < -0.4 is 0 Å². The van der Waals surface area contributed by atoms with Gasteiger partial charge in [0.1, 0.15) is 0 Å². The van der Waals surface area contributed by atoms with E-state index in [0.29, 0.717) is 12.1 Å². The number of rotatable bonds is 3. The Morgan fingerprint density at radius 2 is 2.29 bits per heavy atom. The molecule has 1 N–H and O–H groups in total. The minimum atomic E-state index is -0.823. The second-order valence-electron chi connectivity index (χ2n) is 3.66. The van der Waals surface area contributed by atoms with Gasteiger partial charge in [-0.2, -0.15) is 5.26 Å². The Balaban J connectivity index is 2.45. The molecule has 1 heterocycles. The third-order valence-electron chi connectivity index (χ3n) is 2.53. The van der Waals surface area contributed by atoms with E-state index in [2.05, 4.69) is 22.0 Å². The van der Waals surface area contributed by atoms with E-state index in [0.717, 1.165) is 15.4 Å². The molecule has 1 aromatic carbocycles. The summed E-state index contributed by atoms with van der Waals surface area (Å²) in [7, 11) is 0. The second kappa shape index (κ2) is 4.60. The normalized spacial score (nSPS) is 10.4. The molecular formula is C12H9BrN2O2. The van der Waals surface area contributed by atoms with Crippen molar-refractivity contribution in [3.63, 3.8) is 0 Å². The number of aliphatic carboxylic acids is 1. The van der Waals surface area contributed by atoms with Crippen molar-refractivity contribution in [2.24, 2.45) is 0 Å². The monoisotopic (exact) mass is 292 g/mol. The topological polar surface area (TPSA) is 66.0 Å². The molecule has 0 aliphatic heterocycles. The molecule has 0 spiro atoms. The van der Waals surface area contributed by atoms with E-state index in [4.69, 9.17) is 10.4 Å². The third-order valence-corrected chi connectivity index (χ3v) is 3.16. The van der Waals surface area contributed by atoms with Crippen molar-refractivity contribution < 1.29 is 9.90 Å². The number of aryl methyl sites for hydroxylation is 1. The number of nitriles is 1. The lowest BCUT2D eigenvalue weighted by Gasteiger charge is -2.02. The summed E-state index contributed by atoms with van der Waals surface area (Å²) in [5.74, 6) is -0.823. The molecule has 86 valence electrons. The maximum absolute atomic E-state index is 10.5. The van der Waals surface area contributed by atoms with Crippen LogP contribution in [-0.2, 0) is 11.3 Å². The van der Waals surface area contributed by atoms with Gasteiger partial charge in [0.05, 0.1) is 18.1 Å². The van der Waals surface area contributed by atoms with Crippen LogP contribution >= 0.6 is 15.9 Å². The van der Waals surface area contributed by atoms with Gasteiger partial charge in [-0.3, -0.25) is 4.79 Å². The second-order valence-corrected chi connectivity index (χ2v) is 4.51. The number of carboxylic acid groups (broad SMARTS) is 1. The highest BCUT2D eigenvalue weighted by Gasteiger charge is 2.08. The standard InChI is InChI=1S/C12H9BrN2O2/c13-10-7-15(4-3-12(16)17)11-2-1-8(6-14)5-9(10)11/h1-2,5,7H,3-4H2,(H,16,17). The quantitative estimate of drug-likeness (QED) is 0.946. The minimum absolute atomic E-state index is 0.0796. The number of halogens is 1. The Bertz CT molecular complexity index is 625. The summed E-state index contributed by atoms with van der Waals surface area (Å²) in [6.45, 7) is 0.420. The van der Waals surface area contributed by atoms with Gasteiger partial charge in [-0.25, -0.2) is 0 Å². The van der Waals surface area contributed by atoms with Crippen molar-refractivity contribution in [1.82, 2.24) is 4.57 Å². The van der Waals surface area contributed by atoms with Crippen LogP contribution in [0.5, 0.6) is 0 Å². The van der Waals surface area contributed by atoms with Crippen LogP contribution in [0.2, 0.25) is 0 Å². The highest BCUT2D eigenvalue weighted by molar-refractivity contribution is 9.10. The summed E-state index contributed by atoms with van der Waals surface area (Å²) >= 11 is 3.41. The number of aromatic nitrogens is 1. The molecule has 0 bridgehead atoms. The van der Waals surface area contributed by atoms with E-state index in [-0.39, 0.29) is 6.42 Å². The molecule has 5 heteroatoms. The average molecular weight is 293 g/mol. The Morgan fingerprint density at radius 1 is 1.53 bits per heavy atom. The highest BCUT2D eigenvalue weighted by Crippen LogP contribution is 2.27. The predicted molar refractivity (Wildman–Crippen MR) is 66.6 cm³/mol. The van der Waals surface area contributed by atoms with Gasteiger partial charge in [0, 0.05) is 28.1 Å². The summed E-state index contributed by atoms with van der Waals surface area (Å²) in [6.07, 6.45) is 1.92. The maximum Gasteiger partial charge on any atom is 0.305 e. The van der Waals surface area contributed by atoms with Crippen molar-refractivity contribution in [2.45, 2.75) is 13.0 Å². The number of hydrogen-bond acceptors (Lipinski definition) is 2. The van der Waals surface area contributed by atoms with Gasteiger partial charge in [-0.05, 0) is 34.1 Å². The van der Waals surface area contributed by atoms with Crippen LogP contribution in [0.4, 0.5) is 0 Å². The smallest absolute Gasteiger partial charge is 0.305 e. The Labute approximate surface area is 106 Å². The van der Waals surface area contributed by atoms with Crippen LogP contribution in [-0.4, -0.2) is 15.6 Å². The van der Waals surface area contributed by atoms with Crippen molar-refractivity contribution in [2.75, 3.05) is 0 Å². The lowest BCUT2D eigenvalue weighted by atomic mass is 10.2. The summed E-state index contributed by atoms with van der Waals surface area (Å²) < 4.78 is 2.74. The van der Waals surface area contributed by atoms with Crippen molar-refractivity contribution in [1.29, 1.82) is 5.26 Å². The van der Waals surface area contributed by atoms with E-state index in [9.17, 15) is 4.79 Å².